The number of nitrogens with zero attached hydrogens (tertiary/aromatic N) is 1. The van der Waals surface area contributed by atoms with Crippen molar-refractivity contribution in [3.63, 3.8) is 0 Å². The van der Waals surface area contributed by atoms with Crippen molar-refractivity contribution in [1.82, 2.24) is 5.16 Å². The molecule has 2 rings (SSSR count). The van der Waals surface area contributed by atoms with E-state index in [1.54, 1.807) is 0 Å². The molecule has 0 fully saturated rings. The Balaban J connectivity index is 2.02. The average molecular weight is 271 g/mol. The van der Waals surface area contributed by atoms with Crippen molar-refractivity contribution in [3.8, 4) is 0 Å². The van der Waals surface area contributed by atoms with Crippen molar-refractivity contribution in [3.05, 3.63) is 47.4 Å². The molecule has 2 aromatic rings. The molecule has 1 N–H and O–H groups in total. The van der Waals surface area contributed by atoms with Gasteiger partial charge in [-0.05, 0) is 18.2 Å². The molecule has 7 heteroatoms. The standard InChI is InChI=1S/C11H7F2NO3S/c12-8-2-1-7(4-9(8)13)18-5-6-3-10(11(15)16)14-17-6/h1-4H,5H2,(H,15,16). The Labute approximate surface area is 105 Å². The number of hydrogen-bond donors (Lipinski definition) is 1. The Hall–Kier alpha value is -1.89. The second-order valence-corrected chi connectivity index (χ2v) is 4.40. The lowest BCUT2D eigenvalue weighted by atomic mass is 10.3. The van der Waals surface area contributed by atoms with E-state index in [0.29, 0.717) is 10.7 Å². The van der Waals surface area contributed by atoms with E-state index < -0.39 is 17.6 Å². The van der Waals surface area contributed by atoms with Crippen LogP contribution in [0.3, 0.4) is 0 Å². The summed E-state index contributed by atoms with van der Waals surface area (Å²) in [5.41, 5.74) is -0.184. The van der Waals surface area contributed by atoms with E-state index in [2.05, 4.69) is 5.16 Å². The van der Waals surface area contributed by atoms with Crippen LogP contribution in [0.4, 0.5) is 8.78 Å². The Morgan fingerprint density at radius 1 is 1.33 bits per heavy atom. The fourth-order valence-corrected chi connectivity index (χ4v) is 2.00. The van der Waals surface area contributed by atoms with E-state index in [-0.39, 0.29) is 11.4 Å². The molecule has 1 heterocycles. The number of carboxylic acid groups (broad SMARTS) is 1. The molecule has 0 saturated carbocycles. The van der Waals surface area contributed by atoms with Gasteiger partial charge in [-0.15, -0.1) is 11.8 Å². The number of halogens is 2. The summed E-state index contributed by atoms with van der Waals surface area (Å²) in [7, 11) is 0. The van der Waals surface area contributed by atoms with Gasteiger partial charge in [0.15, 0.2) is 17.3 Å². The van der Waals surface area contributed by atoms with Crippen LogP contribution in [-0.4, -0.2) is 16.2 Å². The minimum Gasteiger partial charge on any atom is -0.476 e. The van der Waals surface area contributed by atoms with Crippen LogP contribution in [0.5, 0.6) is 0 Å². The van der Waals surface area contributed by atoms with E-state index in [9.17, 15) is 13.6 Å². The Bertz CT molecular complexity index is 585. The molecule has 0 amide bonds. The second-order valence-electron chi connectivity index (χ2n) is 3.35. The molecule has 0 aliphatic rings. The summed E-state index contributed by atoms with van der Waals surface area (Å²) in [5, 5.41) is 12.0. The second kappa shape index (κ2) is 5.18. The predicted molar refractivity (Wildman–Crippen MR) is 59.4 cm³/mol. The van der Waals surface area contributed by atoms with Crippen molar-refractivity contribution >= 4 is 17.7 Å². The summed E-state index contributed by atoms with van der Waals surface area (Å²) >= 11 is 1.19. The monoisotopic (exact) mass is 271 g/mol. The number of rotatable bonds is 4. The molecule has 0 aliphatic heterocycles. The van der Waals surface area contributed by atoms with Crippen LogP contribution in [-0.2, 0) is 5.75 Å². The largest absolute Gasteiger partial charge is 0.476 e. The van der Waals surface area contributed by atoms with Crippen LogP contribution in [0, 0.1) is 11.6 Å². The normalized spacial score (nSPS) is 10.6. The van der Waals surface area contributed by atoms with E-state index >= 15 is 0 Å². The van der Waals surface area contributed by atoms with Gasteiger partial charge in [0.25, 0.3) is 0 Å². The van der Waals surface area contributed by atoms with Gasteiger partial charge in [0, 0.05) is 11.0 Å². The molecule has 0 saturated heterocycles. The molecule has 4 nitrogen and oxygen atoms in total. The zero-order chi connectivity index (χ0) is 13.1. The lowest BCUT2D eigenvalue weighted by Crippen LogP contribution is -1.94. The van der Waals surface area contributed by atoms with Crippen LogP contribution in [0.15, 0.2) is 33.7 Å². The Kier molecular flexibility index (Phi) is 3.61. The van der Waals surface area contributed by atoms with Gasteiger partial charge < -0.3 is 9.63 Å². The number of thioether (sulfide) groups is 1. The van der Waals surface area contributed by atoms with E-state index in [0.717, 1.165) is 12.1 Å². The Morgan fingerprint density at radius 3 is 2.72 bits per heavy atom. The van der Waals surface area contributed by atoms with Gasteiger partial charge in [0.2, 0.25) is 0 Å². The topological polar surface area (TPSA) is 63.3 Å². The van der Waals surface area contributed by atoms with E-state index in [4.69, 9.17) is 9.63 Å². The minimum absolute atomic E-state index is 0.184. The summed E-state index contributed by atoms with van der Waals surface area (Å²) < 4.78 is 30.4. The van der Waals surface area contributed by atoms with Gasteiger partial charge in [-0.1, -0.05) is 5.16 Å². The lowest BCUT2D eigenvalue weighted by molar-refractivity contribution is 0.0685. The van der Waals surface area contributed by atoms with E-state index in [1.165, 1.54) is 23.9 Å². The molecule has 94 valence electrons. The average Bonchev–Trinajstić information content (AvgIpc) is 2.79. The van der Waals surface area contributed by atoms with Crippen molar-refractivity contribution < 1.29 is 23.2 Å². The lowest BCUT2D eigenvalue weighted by Gasteiger charge is -1.99. The quantitative estimate of drug-likeness (QED) is 0.866. The van der Waals surface area contributed by atoms with Crippen LogP contribution in [0.2, 0.25) is 0 Å². The first kappa shape index (κ1) is 12.6. The highest BCUT2D eigenvalue weighted by atomic mass is 32.2. The molecule has 0 bridgehead atoms. The summed E-state index contributed by atoms with van der Waals surface area (Å²) in [6, 6.07) is 4.81. The van der Waals surface area contributed by atoms with Gasteiger partial charge >= 0.3 is 5.97 Å². The molecule has 0 aliphatic carbocycles. The van der Waals surface area contributed by atoms with Crippen molar-refractivity contribution in [1.29, 1.82) is 0 Å². The van der Waals surface area contributed by atoms with Crippen LogP contribution in [0.1, 0.15) is 16.2 Å². The number of aromatic nitrogens is 1. The fourth-order valence-electron chi connectivity index (χ4n) is 1.20. The summed E-state index contributed by atoms with van der Waals surface area (Å²) in [6.07, 6.45) is 0. The van der Waals surface area contributed by atoms with Crippen molar-refractivity contribution in [2.75, 3.05) is 0 Å². The maximum absolute atomic E-state index is 12.9. The molecule has 0 unspecified atom stereocenters. The number of aromatic carboxylic acids is 1. The maximum Gasteiger partial charge on any atom is 0.358 e. The zero-order valence-electron chi connectivity index (χ0n) is 8.89. The third-order valence-corrected chi connectivity index (χ3v) is 3.07. The highest BCUT2D eigenvalue weighted by Crippen LogP contribution is 2.24. The summed E-state index contributed by atoms with van der Waals surface area (Å²) in [5.74, 6) is -2.38. The molecule has 18 heavy (non-hydrogen) atoms. The van der Waals surface area contributed by atoms with Gasteiger partial charge in [0.1, 0.15) is 5.76 Å². The molecule has 1 aromatic carbocycles. The first-order valence-electron chi connectivity index (χ1n) is 4.83. The maximum atomic E-state index is 12.9. The molecule has 0 radical (unpaired) electrons. The SMILES string of the molecule is O=C(O)c1cc(CSc2ccc(F)c(F)c2)on1. The van der Waals surface area contributed by atoms with Crippen molar-refractivity contribution in [2.45, 2.75) is 10.6 Å². The van der Waals surface area contributed by atoms with Crippen LogP contribution >= 0.6 is 11.8 Å². The molecule has 0 spiro atoms. The number of hydrogen-bond acceptors (Lipinski definition) is 4. The third kappa shape index (κ3) is 2.86. The first-order valence-corrected chi connectivity index (χ1v) is 5.81. The van der Waals surface area contributed by atoms with Gasteiger partial charge in [0.05, 0.1) is 5.75 Å². The Morgan fingerprint density at radius 2 is 2.11 bits per heavy atom. The number of benzene rings is 1. The van der Waals surface area contributed by atoms with Crippen LogP contribution in [0.25, 0.3) is 0 Å². The highest BCUT2D eigenvalue weighted by molar-refractivity contribution is 7.98. The van der Waals surface area contributed by atoms with Crippen LogP contribution < -0.4 is 0 Å². The summed E-state index contributed by atoms with van der Waals surface area (Å²) in [4.78, 5) is 11.1. The van der Waals surface area contributed by atoms with Gasteiger partial charge in [-0.2, -0.15) is 0 Å². The zero-order valence-corrected chi connectivity index (χ0v) is 9.71. The molecule has 0 atom stereocenters. The molecular formula is C11H7F2NO3S. The third-order valence-electron chi connectivity index (χ3n) is 2.05. The summed E-state index contributed by atoms with van der Waals surface area (Å²) in [6.45, 7) is 0. The fraction of sp³-hybridized carbons (Fsp3) is 0.0909. The van der Waals surface area contributed by atoms with E-state index in [1.807, 2.05) is 0 Å². The van der Waals surface area contributed by atoms with Gasteiger partial charge in [-0.25, -0.2) is 13.6 Å². The highest BCUT2D eigenvalue weighted by Gasteiger charge is 2.11. The first-order chi connectivity index (χ1) is 8.56. The number of carbonyl (C=O) groups is 1. The van der Waals surface area contributed by atoms with Crippen molar-refractivity contribution in [2.24, 2.45) is 0 Å². The number of carboxylic acids is 1. The minimum atomic E-state index is -1.18. The predicted octanol–water partition coefficient (Wildman–Crippen LogP) is 2.94. The van der Waals surface area contributed by atoms with Gasteiger partial charge in [-0.3, -0.25) is 0 Å². The smallest absolute Gasteiger partial charge is 0.358 e. The molecule has 1 aromatic heterocycles. The molecular weight excluding hydrogens is 264 g/mol.